The molecule has 1 aliphatic heterocycles. The fourth-order valence-corrected chi connectivity index (χ4v) is 5.77. The van der Waals surface area contributed by atoms with E-state index in [9.17, 15) is 14.7 Å². The Morgan fingerprint density at radius 3 is 2.53 bits per heavy atom. The van der Waals surface area contributed by atoms with Gasteiger partial charge in [0.1, 0.15) is 11.4 Å². The van der Waals surface area contributed by atoms with Crippen LogP contribution in [0.2, 0.25) is 0 Å². The van der Waals surface area contributed by atoms with E-state index >= 15 is 0 Å². The fraction of sp³-hybridized carbons (Fsp3) is 0.278. The molecule has 6 rings (SSSR count). The van der Waals surface area contributed by atoms with Gasteiger partial charge in [0.15, 0.2) is 17.9 Å². The SMILES string of the molecule is C=C/C=N\c1c(C=O)c(N)nn1C.CNC(C)c1nc2cccc(C#Cc3cnn(C)c3C3CN(CCO)C3)c2c(=O)n1-c1ccccc1. The molecule has 0 spiro atoms. The van der Waals surface area contributed by atoms with Gasteiger partial charge >= 0.3 is 0 Å². The standard InChI is InChI=1S/C28H30N6O2.C8H10N4O/c1-19(29-2)27-31-24-11-7-8-20(25(24)28(36)34(27)23-9-5-4-6-10-23)12-13-21-16-30-32(3)26(21)22-17-33(18-22)14-15-35;1-3-4-10-8-6(5-13)7(9)11-12(8)2/h4-11,16,19,22,29,35H,14-15,17-18H2,1-3H3;3-5H,1H2,2H3,(H2,9,11)/b;10-4-. The first-order valence-corrected chi connectivity index (χ1v) is 15.8. The number of nitrogens with two attached hydrogens (primary N) is 1. The summed E-state index contributed by atoms with van der Waals surface area (Å²) in [7, 11) is 5.45. The van der Waals surface area contributed by atoms with Gasteiger partial charge < -0.3 is 16.2 Å². The third-order valence-corrected chi connectivity index (χ3v) is 8.34. The van der Waals surface area contributed by atoms with Gasteiger partial charge in [-0.15, -0.1) is 0 Å². The highest BCUT2D eigenvalue weighted by Crippen LogP contribution is 2.29. The minimum Gasteiger partial charge on any atom is -0.395 e. The average molecular weight is 661 g/mol. The number of anilines is 1. The van der Waals surface area contributed by atoms with Crippen LogP contribution in [0.3, 0.4) is 0 Å². The number of likely N-dealkylation sites (tertiary alicyclic amines) is 1. The van der Waals surface area contributed by atoms with E-state index in [-0.39, 0.29) is 24.0 Å². The molecule has 252 valence electrons. The number of para-hydroxylation sites is 1. The van der Waals surface area contributed by atoms with Gasteiger partial charge in [-0.1, -0.05) is 48.8 Å². The molecule has 0 amide bonds. The number of carbonyl (C=O) groups is 1. The Morgan fingerprint density at radius 1 is 1.12 bits per heavy atom. The zero-order valence-corrected chi connectivity index (χ0v) is 28.0. The molecule has 0 saturated carbocycles. The summed E-state index contributed by atoms with van der Waals surface area (Å²) in [5, 5.41) is 21.2. The lowest BCUT2D eigenvalue weighted by Crippen LogP contribution is -2.47. The number of nitrogens with one attached hydrogen (secondary N) is 1. The van der Waals surface area contributed by atoms with E-state index in [1.165, 1.54) is 17.0 Å². The number of aliphatic hydroxyl groups is 1. The van der Waals surface area contributed by atoms with Crippen molar-refractivity contribution in [2.45, 2.75) is 18.9 Å². The summed E-state index contributed by atoms with van der Waals surface area (Å²) >= 11 is 0. The van der Waals surface area contributed by atoms with Crippen molar-refractivity contribution in [1.82, 2.24) is 39.3 Å². The summed E-state index contributed by atoms with van der Waals surface area (Å²) in [6.07, 6.45) is 5.41. The lowest BCUT2D eigenvalue weighted by molar-refractivity contribution is 0.112. The second kappa shape index (κ2) is 15.5. The van der Waals surface area contributed by atoms with E-state index < -0.39 is 0 Å². The maximum absolute atomic E-state index is 13.9. The fourth-order valence-electron chi connectivity index (χ4n) is 5.77. The highest BCUT2D eigenvalue weighted by molar-refractivity contribution is 5.90. The van der Waals surface area contributed by atoms with E-state index in [1.54, 1.807) is 17.8 Å². The lowest BCUT2D eigenvalue weighted by Gasteiger charge is -2.39. The van der Waals surface area contributed by atoms with E-state index in [0.717, 1.165) is 30.0 Å². The van der Waals surface area contributed by atoms with Crippen LogP contribution in [0.1, 0.15) is 51.9 Å². The van der Waals surface area contributed by atoms with Gasteiger partial charge in [-0.05, 0) is 38.2 Å². The van der Waals surface area contributed by atoms with Crippen molar-refractivity contribution < 1.29 is 9.90 Å². The Labute approximate surface area is 284 Å². The zero-order chi connectivity index (χ0) is 35.1. The number of aryl methyl sites for hydroxylation is 2. The highest BCUT2D eigenvalue weighted by atomic mass is 16.3. The number of benzene rings is 2. The van der Waals surface area contributed by atoms with Crippen molar-refractivity contribution in [2.75, 3.05) is 39.0 Å². The van der Waals surface area contributed by atoms with Gasteiger partial charge in [0.2, 0.25) is 0 Å². The monoisotopic (exact) mass is 660 g/mol. The van der Waals surface area contributed by atoms with Gasteiger partial charge in [0.05, 0.1) is 46.7 Å². The molecule has 1 saturated heterocycles. The van der Waals surface area contributed by atoms with Crippen molar-refractivity contribution in [2.24, 2.45) is 19.1 Å². The predicted molar refractivity (Wildman–Crippen MR) is 192 cm³/mol. The Bertz CT molecular complexity index is 2110. The van der Waals surface area contributed by atoms with Crippen LogP contribution in [0.4, 0.5) is 11.6 Å². The number of aldehydes is 1. The number of aliphatic imine (C=N–C) groups is 1. The third-order valence-electron chi connectivity index (χ3n) is 8.34. The van der Waals surface area contributed by atoms with E-state index in [2.05, 4.69) is 43.8 Å². The van der Waals surface area contributed by atoms with E-state index in [4.69, 9.17) is 10.7 Å². The Balaban J connectivity index is 0.000000304. The van der Waals surface area contributed by atoms with Crippen molar-refractivity contribution in [3.05, 3.63) is 106 Å². The first kappa shape index (κ1) is 34.6. The van der Waals surface area contributed by atoms with Crippen LogP contribution < -0.4 is 16.6 Å². The summed E-state index contributed by atoms with van der Waals surface area (Å²) < 4.78 is 5.00. The first-order chi connectivity index (χ1) is 23.7. The van der Waals surface area contributed by atoms with Gasteiger partial charge in [-0.2, -0.15) is 10.2 Å². The molecule has 5 aromatic rings. The average Bonchev–Trinajstić information content (AvgIpc) is 3.59. The number of allylic oxidation sites excluding steroid dienone is 1. The van der Waals surface area contributed by atoms with Gasteiger partial charge in [0, 0.05) is 51.4 Å². The maximum Gasteiger partial charge on any atom is 0.267 e. The molecule has 2 aromatic carbocycles. The number of aromatic nitrogens is 6. The molecule has 0 aliphatic carbocycles. The molecule has 0 radical (unpaired) electrons. The molecule has 3 aromatic heterocycles. The molecule has 1 atom stereocenters. The van der Waals surface area contributed by atoms with Crippen LogP contribution in [0, 0.1) is 11.8 Å². The molecule has 4 heterocycles. The summed E-state index contributed by atoms with van der Waals surface area (Å²) in [5.74, 6) is 8.14. The first-order valence-electron chi connectivity index (χ1n) is 15.8. The normalized spacial score (nSPS) is 13.7. The summed E-state index contributed by atoms with van der Waals surface area (Å²) in [4.78, 5) is 35.6. The number of nitrogen functional groups attached to an aromatic ring is 1. The van der Waals surface area contributed by atoms with Gasteiger partial charge in [-0.25, -0.2) is 14.7 Å². The third kappa shape index (κ3) is 7.26. The lowest BCUT2D eigenvalue weighted by atomic mass is 9.93. The molecule has 0 bridgehead atoms. The quantitative estimate of drug-likeness (QED) is 0.123. The van der Waals surface area contributed by atoms with E-state index in [0.29, 0.717) is 52.4 Å². The number of rotatable bonds is 9. The number of carbonyl (C=O) groups excluding carboxylic acids is 1. The Hall–Kier alpha value is -5.68. The molecule has 49 heavy (non-hydrogen) atoms. The highest BCUT2D eigenvalue weighted by Gasteiger charge is 2.31. The molecule has 13 nitrogen and oxygen atoms in total. The molecular formula is C36H40N10O3. The van der Waals surface area contributed by atoms with Crippen LogP contribution in [-0.2, 0) is 14.1 Å². The smallest absolute Gasteiger partial charge is 0.267 e. The molecule has 13 heteroatoms. The van der Waals surface area contributed by atoms with Crippen LogP contribution >= 0.6 is 0 Å². The Morgan fingerprint density at radius 2 is 1.86 bits per heavy atom. The van der Waals surface area contributed by atoms with Crippen molar-refractivity contribution in [3.8, 4) is 17.5 Å². The molecule has 1 aliphatic rings. The predicted octanol–water partition coefficient (Wildman–Crippen LogP) is 2.89. The summed E-state index contributed by atoms with van der Waals surface area (Å²) in [6, 6.07) is 15.1. The van der Waals surface area contributed by atoms with Crippen LogP contribution in [0.25, 0.3) is 16.6 Å². The van der Waals surface area contributed by atoms with Crippen LogP contribution in [-0.4, -0.2) is 84.9 Å². The summed E-state index contributed by atoms with van der Waals surface area (Å²) in [5.41, 5.74) is 9.61. The van der Waals surface area contributed by atoms with E-state index in [1.807, 2.05) is 74.2 Å². The number of aliphatic hydroxyl groups excluding tert-OH is 1. The molecule has 4 N–H and O–H groups in total. The number of β-amino-alcohol motifs (C(OH)–C–C–N with tert-alkyl or cyclic N) is 1. The van der Waals surface area contributed by atoms with Crippen LogP contribution in [0.5, 0.6) is 0 Å². The van der Waals surface area contributed by atoms with Crippen molar-refractivity contribution >= 4 is 35.0 Å². The zero-order valence-electron chi connectivity index (χ0n) is 28.0. The van der Waals surface area contributed by atoms with Crippen LogP contribution in [0.15, 0.2) is 77.2 Å². The number of hydrogen-bond donors (Lipinski definition) is 3. The van der Waals surface area contributed by atoms with Crippen molar-refractivity contribution in [3.63, 3.8) is 0 Å². The molecule has 1 fully saturated rings. The second-order valence-corrected chi connectivity index (χ2v) is 11.5. The van der Waals surface area contributed by atoms with Gasteiger partial charge in [0.25, 0.3) is 5.56 Å². The second-order valence-electron chi connectivity index (χ2n) is 11.5. The van der Waals surface area contributed by atoms with Crippen molar-refractivity contribution in [1.29, 1.82) is 0 Å². The topological polar surface area (TPSA) is 161 Å². The molecule has 1 unspecified atom stereocenters. The largest absolute Gasteiger partial charge is 0.395 e. The van der Waals surface area contributed by atoms with Gasteiger partial charge in [-0.3, -0.25) is 23.7 Å². The number of nitrogens with zero attached hydrogens (tertiary/aromatic N) is 8. The minimum atomic E-state index is -0.141. The number of hydrogen-bond acceptors (Lipinski definition) is 10. The summed E-state index contributed by atoms with van der Waals surface area (Å²) in [6.45, 7) is 8.05. The maximum atomic E-state index is 13.9. The molecular weight excluding hydrogens is 620 g/mol. The number of fused-ring (bicyclic) bond motifs is 1. The minimum absolute atomic E-state index is 0.122. The Kier molecular flexibility index (Phi) is 10.9.